The van der Waals surface area contributed by atoms with Crippen molar-refractivity contribution in [3.63, 3.8) is 0 Å². The number of allylic oxidation sites excluding steroid dienone is 2. The molecule has 0 amide bonds. The maximum absolute atomic E-state index is 13.2. The molecule has 126 valence electrons. The van der Waals surface area contributed by atoms with Gasteiger partial charge in [0.15, 0.2) is 0 Å². The SMILES string of the molecule is Cc1ccc(C2=C(C#Cc3ccccc3)C(=O)C3(C)C=CC=CN23)cc1. The minimum Gasteiger partial charge on any atom is -0.329 e. The summed E-state index contributed by atoms with van der Waals surface area (Å²) in [7, 11) is 0. The molecule has 2 heteroatoms. The van der Waals surface area contributed by atoms with Gasteiger partial charge >= 0.3 is 0 Å². The van der Waals surface area contributed by atoms with Gasteiger partial charge in [0, 0.05) is 11.8 Å². The van der Waals surface area contributed by atoms with Crippen molar-refractivity contribution in [1.82, 2.24) is 4.90 Å². The molecule has 2 aromatic carbocycles. The van der Waals surface area contributed by atoms with Crippen molar-refractivity contribution in [2.24, 2.45) is 0 Å². The average Bonchev–Trinajstić information content (AvgIpc) is 2.89. The normalized spacial score (nSPS) is 20.8. The maximum atomic E-state index is 13.2. The minimum absolute atomic E-state index is 0.0390. The molecule has 0 radical (unpaired) electrons. The molecule has 0 saturated heterocycles. The van der Waals surface area contributed by atoms with Gasteiger partial charge in [-0.25, -0.2) is 0 Å². The number of rotatable bonds is 1. The second-order valence-corrected chi connectivity index (χ2v) is 6.75. The Labute approximate surface area is 154 Å². The first-order chi connectivity index (χ1) is 12.6. The Hall–Kier alpha value is -3.31. The fourth-order valence-electron chi connectivity index (χ4n) is 3.35. The Morgan fingerprint density at radius 3 is 2.38 bits per heavy atom. The first kappa shape index (κ1) is 16.2. The monoisotopic (exact) mass is 337 g/mol. The van der Waals surface area contributed by atoms with Crippen molar-refractivity contribution in [2.75, 3.05) is 0 Å². The predicted octanol–water partition coefficient (Wildman–Crippen LogP) is 4.48. The van der Waals surface area contributed by atoms with Crippen LogP contribution in [0.5, 0.6) is 0 Å². The van der Waals surface area contributed by atoms with E-state index in [1.807, 2.05) is 66.6 Å². The second kappa shape index (κ2) is 6.20. The molecular weight excluding hydrogens is 318 g/mol. The molecule has 0 bridgehead atoms. The summed E-state index contributed by atoms with van der Waals surface area (Å²) in [5.74, 6) is 6.35. The lowest BCUT2D eigenvalue weighted by molar-refractivity contribution is -0.119. The Balaban J connectivity index is 1.89. The molecule has 4 rings (SSSR count). The van der Waals surface area contributed by atoms with Gasteiger partial charge in [-0.05, 0) is 37.6 Å². The van der Waals surface area contributed by atoms with Gasteiger partial charge in [-0.2, -0.15) is 0 Å². The number of ketones is 1. The molecule has 0 aliphatic carbocycles. The van der Waals surface area contributed by atoms with Gasteiger partial charge in [-0.3, -0.25) is 4.79 Å². The van der Waals surface area contributed by atoms with Crippen molar-refractivity contribution in [2.45, 2.75) is 19.4 Å². The molecule has 2 aliphatic heterocycles. The molecule has 2 heterocycles. The molecule has 0 fully saturated rings. The zero-order valence-electron chi connectivity index (χ0n) is 14.9. The number of nitrogens with zero attached hydrogens (tertiary/aromatic N) is 1. The van der Waals surface area contributed by atoms with Gasteiger partial charge in [0.25, 0.3) is 0 Å². The van der Waals surface area contributed by atoms with E-state index in [1.54, 1.807) is 0 Å². The van der Waals surface area contributed by atoms with Crippen LogP contribution in [0.2, 0.25) is 0 Å². The van der Waals surface area contributed by atoms with Crippen molar-refractivity contribution in [1.29, 1.82) is 0 Å². The molecule has 0 N–H and O–H groups in total. The molecule has 0 aromatic heterocycles. The lowest BCUT2D eigenvalue weighted by Crippen LogP contribution is -2.43. The molecular formula is C24H19NO. The average molecular weight is 337 g/mol. The van der Waals surface area contributed by atoms with Crippen molar-refractivity contribution >= 4 is 11.5 Å². The summed E-state index contributed by atoms with van der Waals surface area (Å²) >= 11 is 0. The van der Waals surface area contributed by atoms with E-state index in [0.29, 0.717) is 5.57 Å². The highest BCUT2D eigenvalue weighted by molar-refractivity contribution is 6.17. The summed E-state index contributed by atoms with van der Waals surface area (Å²) < 4.78 is 0. The van der Waals surface area contributed by atoms with E-state index in [0.717, 1.165) is 16.8 Å². The summed E-state index contributed by atoms with van der Waals surface area (Å²) in [6.45, 7) is 4.00. The molecule has 2 aliphatic rings. The van der Waals surface area contributed by atoms with Crippen LogP contribution in [0.25, 0.3) is 5.70 Å². The Morgan fingerprint density at radius 1 is 0.923 bits per heavy atom. The third-order valence-corrected chi connectivity index (χ3v) is 4.86. The molecule has 1 atom stereocenters. The molecule has 2 aromatic rings. The summed E-state index contributed by atoms with van der Waals surface area (Å²) in [4.78, 5) is 15.3. The first-order valence-corrected chi connectivity index (χ1v) is 8.68. The van der Waals surface area contributed by atoms with E-state index in [4.69, 9.17) is 0 Å². The van der Waals surface area contributed by atoms with Gasteiger partial charge in [-0.1, -0.05) is 72.0 Å². The fraction of sp³-hybridized carbons (Fsp3) is 0.125. The van der Waals surface area contributed by atoms with Crippen LogP contribution in [0.1, 0.15) is 23.6 Å². The highest BCUT2D eigenvalue weighted by Gasteiger charge is 2.47. The number of hydrogen-bond acceptors (Lipinski definition) is 2. The van der Waals surface area contributed by atoms with E-state index in [9.17, 15) is 4.79 Å². The van der Waals surface area contributed by atoms with Crippen LogP contribution in [0.4, 0.5) is 0 Å². The number of fused-ring (bicyclic) bond motifs is 1. The first-order valence-electron chi connectivity index (χ1n) is 8.68. The third kappa shape index (κ3) is 2.59. The van der Waals surface area contributed by atoms with Crippen LogP contribution in [0.15, 0.2) is 84.6 Å². The highest BCUT2D eigenvalue weighted by Crippen LogP contribution is 2.42. The quantitative estimate of drug-likeness (QED) is 0.715. The summed E-state index contributed by atoms with van der Waals surface area (Å²) in [5.41, 5.74) is 3.82. The van der Waals surface area contributed by atoms with Crippen LogP contribution in [-0.2, 0) is 4.79 Å². The van der Waals surface area contributed by atoms with Gasteiger partial charge in [0.05, 0.1) is 11.3 Å². The topological polar surface area (TPSA) is 20.3 Å². The van der Waals surface area contributed by atoms with E-state index >= 15 is 0 Å². The van der Waals surface area contributed by atoms with E-state index in [-0.39, 0.29) is 5.78 Å². The minimum atomic E-state index is -0.713. The number of Topliss-reactive ketones (excluding diaryl/α,β-unsaturated/α-hetero) is 1. The predicted molar refractivity (Wildman–Crippen MR) is 105 cm³/mol. The number of carbonyl (C=O) groups is 1. The second-order valence-electron chi connectivity index (χ2n) is 6.75. The molecule has 0 spiro atoms. The molecule has 26 heavy (non-hydrogen) atoms. The van der Waals surface area contributed by atoms with Crippen LogP contribution in [-0.4, -0.2) is 16.2 Å². The number of hydrogen-bond donors (Lipinski definition) is 0. The van der Waals surface area contributed by atoms with Crippen LogP contribution < -0.4 is 0 Å². The molecule has 2 nitrogen and oxygen atoms in total. The highest BCUT2D eigenvalue weighted by atomic mass is 16.1. The lowest BCUT2D eigenvalue weighted by atomic mass is 9.92. The smallest absolute Gasteiger partial charge is 0.202 e. The zero-order valence-corrected chi connectivity index (χ0v) is 14.9. The Kier molecular flexibility index (Phi) is 3.86. The lowest BCUT2D eigenvalue weighted by Gasteiger charge is -2.34. The van der Waals surface area contributed by atoms with Crippen molar-refractivity contribution < 1.29 is 4.79 Å². The Bertz CT molecular complexity index is 1010. The summed E-state index contributed by atoms with van der Waals surface area (Å²) in [6, 6.07) is 18.0. The van der Waals surface area contributed by atoms with E-state index < -0.39 is 5.54 Å². The standard InChI is InChI=1S/C24H19NO/c1-18-10-13-20(14-11-18)22-21(15-12-19-8-4-3-5-9-19)23(26)24(2)16-6-7-17-25(22)24/h3-11,13-14,16-17H,1-2H3. The van der Waals surface area contributed by atoms with Crippen molar-refractivity contribution in [3.8, 4) is 11.8 Å². The summed E-state index contributed by atoms with van der Waals surface area (Å²) in [6.07, 6.45) is 7.79. The van der Waals surface area contributed by atoms with Gasteiger partial charge < -0.3 is 4.90 Å². The van der Waals surface area contributed by atoms with Crippen LogP contribution in [0, 0.1) is 18.8 Å². The van der Waals surface area contributed by atoms with Gasteiger partial charge in [0.2, 0.25) is 5.78 Å². The van der Waals surface area contributed by atoms with E-state index in [1.165, 1.54) is 5.56 Å². The van der Waals surface area contributed by atoms with Gasteiger partial charge in [-0.15, -0.1) is 0 Å². The maximum Gasteiger partial charge on any atom is 0.202 e. The van der Waals surface area contributed by atoms with Gasteiger partial charge in [0.1, 0.15) is 5.54 Å². The largest absolute Gasteiger partial charge is 0.329 e. The molecule has 1 unspecified atom stereocenters. The zero-order chi connectivity index (χ0) is 18.1. The number of aryl methyl sites for hydroxylation is 1. The van der Waals surface area contributed by atoms with Crippen LogP contribution >= 0.6 is 0 Å². The van der Waals surface area contributed by atoms with Crippen LogP contribution in [0.3, 0.4) is 0 Å². The summed E-state index contributed by atoms with van der Waals surface area (Å²) in [5, 5.41) is 0. The Morgan fingerprint density at radius 2 is 1.65 bits per heavy atom. The van der Waals surface area contributed by atoms with Crippen molar-refractivity contribution in [3.05, 3.63) is 101 Å². The van der Waals surface area contributed by atoms with E-state index in [2.05, 4.69) is 43.0 Å². The fourth-order valence-corrected chi connectivity index (χ4v) is 3.35. The molecule has 0 saturated carbocycles. The number of benzene rings is 2. The number of carbonyl (C=O) groups excluding carboxylic acids is 1. The third-order valence-electron chi connectivity index (χ3n) is 4.86.